The van der Waals surface area contributed by atoms with E-state index in [0.29, 0.717) is 6.61 Å². The fourth-order valence-corrected chi connectivity index (χ4v) is 3.33. The number of aromatic nitrogens is 2. The number of benzene rings is 1. The maximum absolute atomic E-state index is 10.9. The number of rotatable bonds is 6. The monoisotopic (exact) mass is 306 g/mol. The molecule has 0 amide bonds. The summed E-state index contributed by atoms with van der Waals surface area (Å²) < 4.78 is 7.82. The van der Waals surface area contributed by atoms with E-state index >= 15 is 0 Å². The van der Waals surface area contributed by atoms with Crippen molar-refractivity contribution in [2.24, 2.45) is 0 Å². The summed E-state index contributed by atoms with van der Waals surface area (Å²) in [6.45, 7) is 4.71. The molecule has 0 spiro atoms. The van der Waals surface area contributed by atoms with Crippen LogP contribution in [0.25, 0.3) is 11.0 Å². The van der Waals surface area contributed by atoms with E-state index in [1.165, 1.54) is 11.8 Å². The van der Waals surface area contributed by atoms with E-state index in [4.69, 9.17) is 9.84 Å². The third-order valence-corrected chi connectivity index (χ3v) is 4.68. The molecule has 3 rings (SSSR count). The number of nitrogens with zero attached hydrogens (tertiary/aromatic N) is 2. The first kappa shape index (κ1) is 14.3. The first-order chi connectivity index (χ1) is 10.0. The Morgan fingerprint density at radius 3 is 2.90 bits per heavy atom. The normalized spacial score (nSPS) is 16.1. The summed E-state index contributed by atoms with van der Waals surface area (Å²) in [5, 5.41) is 9.68. The van der Waals surface area contributed by atoms with Crippen LogP contribution < -0.4 is 4.74 Å². The minimum absolute atomic E-state index is 0.0172. The number of hydrogen-bond donors (Lipinski definition) is 1. The lowest BCUT2D eigenvalue weighted by molar-refractivity contribution is -0.133. The first-order valence-corrected chi connectivity index (χ1v) is 8.03. The van der Waals surface area contributed by atoms with Crippen LogP contribution >= 0.6 is 11.8 Å². The largest absolute Gasteiger partial charge is 0.492 e. The highest BCUT2D eigenvalue weighted by Crippen LogP contribution is 2.47. The van der Waals surface area contributed by atoms with Gasteiger partial charge in [0, 0.05) is 5.54 Å². The van der Waals surface area contributed by atoms with Crippen molar-refractivity contribution in [3.63, 3.8) is 0 Å². The number of thioether (sulfide) groups is 1. The van der Waals surface area contributed by atoms with Gasteiger partial charge in [0.05, 0.1) is 17.9 Å². The van der Waals surface area contributed by atoms with Gasteiger partial charge >= 0.3 is 5.97 Å². The number of hydrogen-bond acceptors (Lipinski definition) is 4. The van der Waals surface area contributed by atoms with Gasteiger partial charge in [-0.3, -0.25) is 4.79 Å². The van der Waals surface area contributed by atoms with Crippen LogP contribution in [0.5, 0.6) is 5.75 Å². The zero-order chi connectivity index (χ0) is 15.0. The van der Waals surface area contributed by atoms with Crippen molar-refractivity contribution in [1.82, 2.24) is 9.55 Å². The van der Waals surface area contributed by atoms with Crippen LogP contribution in [0.4, 0.5) is 0 Å². The Labute approximate surface area is 127 Å². The van der Waals surface area contributed by atoms with Crippen molar-refractivity contribution in [1.29, 1.82) is 0 Å². The smallest absolute Gasteiger partial charge is 0.313 e. The molecule has 1 aromatic heterocycles. The second kappa shape index (κ2) is 5.26. The minimum atomic E-state index is -0.829. The molecule has 0 aliphatic heterocycles. The lowest BCUT2D eigenvalue weighted by Gasteiger charge is -2.15. The minimum Gasteiger partial charge on any atom is -0.492 e. The third kappa shape index (κ3) is 2.60. The van der Waals surface area contributed by atoms with E-state index in [0.717, 1.165) is 34.8 Å². The third-order valence-electron chi connectivity index (χ3n) is 3.76. The average Bonchev–Trinajstić information content (AvgIpc) is 3.05. The van der Waals surface area contributed by atoms with Gasteiger partial charge < -0.3 is 14.4 Å². The van der Waals surface area contributed by atoms with E-state index in [1.54, 1.807) is 0 Å². The van der Waals surface area contributed by atoms with Gasteiger partial charge in [-0.25, -0.2) is 4.98 Å². The Hall–Kier alpha value is -1.69. The van der Waals surface area contributed by atoms with Crippen LogP contribution in [0.1, 0.15) is 26.7 Å². The molecule has 1 N–H and O–H groups in total. The van der Waals surface area contributed by atoms with E-state index in [9.17, 15) is 4.79 Å². The number of carbonyl (C=O) groups is 1. The van der Waals surface area contributed by atoms with Gasteiger partial charge in [-0.15, -0.1) is 0 Å². The molecule has 2 aromatic rings. The Morgan fingerprint density at radius 1 is 1.52 bits per heavy atom. The standard InChI is InChI=1S/C15H18N2O3S/c1-3-20-11-6-4-5-10-13(11)16-14(21-9-12(18)19)17(10)15(2)7-8-15/h4-6H,3,7-9H2,1-2H3,(H,18,19). The maximum Gasteiger partial charge on any atom is 0.313 e. The second-order valence-corrected chi connectivity index (χ2v) is 6.41. The fraction of sp³-hybridized carbons (Fsp3) is 0.467. The summed E-state index contributed by atoms with van der Waals surface area (Å²) in [6, 6.07) is 5.90. The van der Waals surface area contributed by atoms with Crippen LogP contribution in [0, 0.1) is 0 Å². The summed E-state index contributed by atoms with van der Waals surface area (Å²) in [5.41, 5.74) is 1.90. The molecule has 0 bridgehead atoms. The van der Waals surface area contributed by atoms with Crippen molar-refractivity contribution < 1.29 is 14.6 Å². The van der Waals surface area contributed by atoms with Gasteiger partial charge in [-0.2, -0.15) is 0 Å². The molecule has 21 heavy (non-hydrogen) atoms. The predicted octanol–water partition coefficient (Wildman–Crippen LogP) is 3.12. The lowest BCUT2D eigenvalue weighted by atomic mass is 10.2. The molecular formula is C15H18N2O3S. The van der Waals surface area contributed by atoms with Crippen molar-refractivity contribution in [2.45, 2.75) is 37.4 Å². The molecule has 6 heteroatoms. The summed E-state index contributed by atoms with van der Waals surface area (Å²) in [5.74, 6) is -0.0524. The zero-order valence-electron chi connectivity index (χ0n) is 12.1. The molecular weight excluding hydrogens is 288 g/mol. The van der Waals surface area contributed by atoms with Crippen LogP contribution in [-0.4, -0.2) is 33.0 Å². The molecule has 1 aromatic carbocycles. The highest BCUT2D eigenvalue weighted by molar-refractivity contribution is 7.99. The molecule has 0 atom stereocenters. The van der Waals surface area contributed by atoms with Gasteiger partial charge in [0.1, 0.15) is 11.3 Å². The lowest BCUT2D eigenvalue weighted by Crippen LogP contribution is -2.14. The van der Waals surface area contributed by atoms with Crippen molar-refractivity contribution in [2.75, 3.05) is 12.4 Å². The fourth-order valence-electron chi connectivity index (χ4n) is 2.47. The Morgan fingerprint density at radius 2 is 2.29 bits per heavy atom. The highest BCUT2D eigenvalue weighted by atomic mass is 32.2. The molecule has 1 saturated carbocycles. The van der Waals surface area contributed by atoms with Crippen molar-refractivity contribution >= 4 is 28.8 Å². The van der Waals surface area contributed by atoms with Crippen LogP contribution in [-0.2, 0) is 10.3 Å². The number of ether oxygens (including phenoxy) is 1. The Balaban J connectivity index is 2.11. The molecule has 1 fully saturated rings. The predicted molar refractivity (Wildman–Crippen MR) is 82.1 cm³/mol. The highest BCUT2D eigenvalue weighted by Gasteiger charge is 2.42. The van der Waals surface area contributed by atoms with E-state index in [1.807, 2.05) is 25.1 Å². The number of fused-ring (bicyclic) bond motifs is 1. The van der Waals surface area contributed by atoms with Crippen LogP contribution in [0.15, 0.2) is 23.4 Å². The number of aliphatic carboxylic acids is 1. The average molecular weight is 306 g/mol. The molecule has 0 unspecified atom stereocenters. The second-order valence-electron chi connectivity index (χ2n) is 5.47. The Kier molecular flexibility index (Phi) is 3.57. The van der Waals surface area contributed by atoms with Gasteiger partial charge in [0.15, 0.2) is 5.16 Å². The molecule has 0 radical (unpaired) electrons. The first-order valence-electron chi connectivity index (χ1n) is 7.04. The number of imidazole rings is 1. The SMILES string of the molecule is CCOc1cccc2c1nc(SCC(=O)O)n2C1(C)CC1. The summed E-state index contributed by atoms with van der Waals surface area (Å²) in [6.07, 6.45) is 2.19. The Bertz CT molecular complexity index is 692. The van der Waals surface area contributed by atoms with Gasteiger partial charge in [-0.1, -0.05) is 17.8 Å². The van der Waals surface area contributed by atoms with Crippen LogP contribution in [0.2, 0.25) is 0 Å². The van der Waals surface area contributed by atoms with Crippen molar-refractivity contribution in [3.05, 3.63) is 18.2 Å². The van der Waals surface area contributed by atoms with Gasteiger partial charge in [0.2, 0.25) is 0 Å². The van der Waals surface area contributed by atoms with Gasteiger partial charge in [-0.05, 0) is 38.8 Å². The number of carboxylic acid groups (broad SMARTS) is 1. The summed E-state index contributed by atoms with van der Waals surface area (Å²) in [7, 11) is 0. The number of carboxylic acids is 1. The van der Waals surface area contributed by atoms with Crippen molar-refractivity contribution in [3.8, 4) is 5.75 Å². The van der Waals surface area contributed by atoms with E-state index < -0.39 is 5.97 Å². The molecule has 112 valence electrons. The number of para-hydroxylation sites is 1. The molecule has 0 saturated heterocycles. The maximum atomic E-state index is 10.9. The summed E-state index contributed by atoms with van der Waals surface area (Å²) >= 11 is 1.27. The molecule has 1 heterocycles. The van der Waals surface area contributed by atoms with Crippen LogP contribution in [0.3, 0.4) is 0 Å². The summed E-state index contributed by atoms with van der Waals surface area (Å²) in [4.78, 5) is 15.5. The van der Waals surface area contributed by atoms with E-state index in [2.05, 4.69) is 16.5 Å². The molecule has 5 nitrogen and oxygen atoms in total. The molecule has 1 aliphatic rings. The topological polar surface area (TPSA) is 64.3 Å². The molecule has 1 aliphatic carbocycles. The van der Waals surface area contributed by atoms with E-state index in [-0.39, 0.29) is 11.3 Å². The van der Waals surface area contributed by atoms with Gasteiger partial charge in [0.25, 0.3) is 0 Å². The zero-order valence-corrected chi connectivity index (χ0v) is 12.9. The quantitative estimate of drug-likeness (QED) is 0.831.